The van der Waals surface area contributed by atoms with Crippen LogP contribution in [-0.2, 0) is 9.59 Å². The molecule has 8 nitrogen and oxygen atoms in total. The molecule has 2 N–H and O–H groups in total. The second-order valence-electron chi connectivity index (χ2n) is 9.06. The van der Waals surface area contributed by atoms with Gasteiger partial charge >= 0.3 is 0 Å². The summed E-state index contributed by atoms with van der Waals surface area (Å²) in [5.74, 6) is -1.07. The SMILES string of the molecule is CC1=C(C(=O)Nc2ccccn2)[C@@H](c2cc([N+](=O)[O-])ccc2Cl)C2=C(CC(C)(C)CC2=O)N1. The van der Waals surface area contributed by atoms with E-state index >= 15 is 0 Å². The molecule has 0 radical (unpaired) electrons. The van der Waals surface area contributed by atoms with E-state index in [0.717, 1.165) is 5.70 Å². The lowest BCUT2D eigenvalue weighted by molar-refractivity contribution is -0.384. The van der Waals surface area contributed by atoms with Crippen molar-refractivity contribution >= 4 is 34.8 Å². The number of dihydropyridines is 1. The fourth-order valence-electron chi connectivity index (χ4n) is 4.53. The Kier molecular flexibility index (Phi) is 5.80. The van der Waals surface area contributed by atoms with Gasteiger partial charge in [0, 0.05) is 58.2 Å². The first-order valence-corrected chi connectivity index (χ1v) is 10.9. The van der Waals surface area contributed by atoms with Crippen LogP contribution in [-0.4, -0.2) is 21.6 Å². The van der Waals surface area contributed by atoms with Crippen molar-refractivity contribution < 1.29 is 14.5 Å². The smallest absolute Gasteiger partial charge is 0.269 e. The first-order valence-electron chi connectivity index (χ1n) is 10.5. The topological polar surface area (TPSA) is 114 Å². The van der Waals surface area contributed by atoms with E-state index in [0.29, 0.717) is 35.5 Å². The molecule has 33 heavy (non-hydrogen) atoms. The van der Waals surface area contributed by atoms with Crippen LogP contribution in [0.25, 0.3) is 0 Å². The van der Waals surface area contributed by atoms with Crippen LogP contribution in [0.2, 0.25) is 5.02 Å². The molecule has 1 aliphatic carbocycles. The number of allylic oxidation sites excluding steroid dienone is 3. The lowest BCUT2D eigenvalue weighted by atomic mass is 9.68. The van der Waals surface area contributed by atoms with E-state index in [1.807, 2.05) is 13.8 Å². The summed E-state index contributed by atoms with van der Waals surface area (Å²) in [5, 5.41) is 17.7. The lowest BCUT2D eigenvalue weighted by Gasteiger charge is -2.39. The van der Waals surface area contributed by atoms with Gasteiger partial charge in [0.1, 0.15) is 5.82 Å². The van der Waals surface area contributed by atoms with Crippen LogP contribution < -0.4 is 10.6 Å². The molecular weight excluding hydrogens is 444 g/mol. The van der Waals surface area contributed by atoms with Crippen molar-refractivity contribution in [2.24, 2.45) is 5.41 Å². The predicted molar refractivity (Wildman–Crippen MR) is 125 cm³/mol. The lowest BCUT2D eigenvalue weighted by Crippen LogP contribution is -2.39. The zero-order valence-corrected chi connectivity index (χ0v) is 19.2. The summed E-state index contributed by atoms with van der Waals surface area (Å²) < 4.78 is 0. The Morgan fingerprint density at radius 2 is 2.03 bits per heavy atom. The molecule has 170 valence electrons. The fraction of sp³-hybridized carbons (Fsp3) is 0.292. The molecule has 1 aromatic heterocycles. The Morgan fingerprint density at radius 1 is 1.27 bits per heavy atom. The summed E-state index contributed by atoms with van der Waals surface area (Å²) in [6.45, 7) is 5.77. The number of halogens is 1. The van der Waals surface area contributed by atoms with Crippen LogP contribution in [0.3, 0.4) is 0 Å². The summed E-state index contributed by atoms with van der Waals surface area (Å²) in [5.41, 5.74) is 1.90. The van der Waals surface area contributed by atoms with E-state index in [9.17, 15) is 19.7 Å². The second kappa shape index (κ2) is 8.44. The summed E-state index contributed by atoms with van der Waals surface area (Å²) in [6.07, 6.45) is 2.45. The van der Waals surface area contributed by atoms with Gasteiger partial charge in [-0.25, -0.2) is 4.98 Å². The molecule has 1 atom stereocenters. The number of nitrogens with one attached hydrogen (secondary N) is 2. The molecule has 9 heteroatoms. The molecule has 1 amide bonds. The maximum absolute atomic E-state index is 13.4. The minimum absolute atomic E-state index is 0.114. The minimum atomic E-state index is -0.846. The van der Waals surface area contributed by atoms with Crippen LogP contribution in [0.1, 0.15) is 45.1 Å². The second-order valence-corrected chi connectivity index (χ2v) is 9.47. The average molecular weight is 467 g/mol. The van der Waals surface area contributed by atoms with Crippen molar-refractivity contribution in [2.45, 2.75) is 39.5 Å². The molecule has 0 bridgehead atoms. The third-order valence-electron chi connectivity index (χ3n) is 5.89. The van der Waals surface area contributed by atoms with Gasteiger partial charge in [-0.05, 0) is 42.5 Å². The zero-order chi connectivity index (χ0) is 23.9. The Bertz CT molecular complexity index is 1230. The highest BCUT2D eigenvalue weighted by Gasteiger charge is 2.43. The number of nitrogens with zero attached hydrogens (tertiary/aromatic N) is 2. The number of benzene rings is 1. The van der Waals surface area contributed by atoms with Gasteiger partial charge in [0.2, 0.25) is 0 Å². The molecule has 0 spiro atoms. The predicted octanol–water partition coefficient (Wildman–Crippen LogP) is 4.89. The van der Waals surface area contributed by atoms with Crippen LogP contribution in [0.15, 0.2) is 65.1 Å². The molecule has 0 saturated heterocycles. The summed E-state index contributed by atoms with van der Waals surface area (Å²) in [7, 11) is 0. The Hall–Kier alpha value is -3.52. The first-order chi connectivity index (χ1) is 15.6. The number of carbonyl (C=O) groups is 2. The monoisotopic (exact) mass is 466 g/mol. The van der Waals surface area contributed by atoms with E-state index in [4.69, 9.17) is 11.6 Å². The molecule has 4 rings (SSSR count). The van der Waals surface area contributed by atoms with Gasteiger partial charge in [0.15, 0.2) is 5.78 Å². The summed E-state index contributed by atoms with van der Waals surface area (Å²) in [6, 6.07) is 9.20. The molecule has 2 aliphatic rings. The number of nitro groups is 1. The van der Waals surface area contributed by atoms with Crippen molar-refractivity contribution in [3.05, 3.63) is 85.8 Å². The number of anilines is 1. The maximum atomic E-state index is 13.4. The largest absolute Gasteiger partial charge is 0.362 e. The Morgan fingerprint density at radius 3 is 2.70 bits per heavy atom. The number of hydrogen-bond donors (Lipinski definition) is 2. The van der Waals surface area contributed by atoms with Gasteiger partial charge in [-0.2, -0.15) is 0 Å². The number of rotatable bonds is 4. The number of non-ortho nitro benzene ring substituents is 1. The van der Waals surface area contributed by atoms with Crippen molar-refractivity contribution in [1.82, 2.24) is 10.3 Å². The standard InChI is InChI=1S/C24H23ClN4O4/c1-13-20(23(31)28-19-6-4-5-9-26-19)21(15-10-14(29(32)33)7-8-16(15)25)22-17(27-13)11-24(2,3)12-18(22)30/h4-10,21,27H,11-12H2,1-3H3,(H,26,28,31)/t21-/m1/s1. The number of aromatic nitrogens is 1. The molecule has 0 unspecified atom stereocenters. The minimum Gasteiger partial charge on any atom is -0.362 e. The van der Waals surface area contributed by atoms with Gasteiger partial charge in [-0.1, -0.05) is 31.5 Å². The van der Waals surface area contributed by atoms with Gasteiger partial charge in [0.25, 0.3) is 11.6 Å². The molecule has 1 aromatic carbocycles. The number of hydrogen-bond acceptors (Lipinski definition) is 6. The molecule has 2 aromatic rings. The van der Waals surface area contributed by atoms with Gasteiger partial charge in [-0.15, -0.1) is 0 Å². The normalized spacial score (nSPS) is 19.6. The maximum Gasteiger partial charge on any atom is 0.269 e. The van der Waals surface area contributed by atoms with E-state index in [2.05, 4.69) is 15.6 Å². The van der Waals surface area contributed by atoms with Crippen molar-refractivity contribution in [3.8, 4) is 0 Å². The number of ketones is 1. The van der Waals surface area contributed by atoms with Crippen LogP contribution >= 0.6 is 11.6 Å². The Labute approximate surface area is 195 Å². The van der Waals surface area contributed by atoms with Gasteiger partial charge in [0.05, 0.1) is 4.92 Å². The first kappa shape index (κ1) is 22.7. The van der Waals surface area contributed by atoms with Gasteiger partial charge < -0.3 is 10.6 Å². The van der Waals surface area contributed by atoms with Crippen molar-refractivity contribution in [1.29, 1.82) is 0 Å². The van der Waals surface area contributed by atoms with E-state index < -0.39 is 16.7 Å². The third-order valence-corrected chi connectivity index (χ3v) is 6.24. The molecule has 0 fully saturated rings. The fourth-order valence-corrected chi connectivity index (χ4v) is 4.76. The highest BCUT2D eigenvalue weighted by Crippen LogP contribution is 2.48. The summed E-state index contributed by atoms with van der Waals surface area (Å²) in [4.78, 5) is 41.9. The highest BCUT2D eigenvalue weighted by atomic mass is 35.5. The van der Waals surface area contributed by atoms with Crippen molar-refractivity contribution in [2.75, 3.05) is 5.32 Å². The Balaban J connectivity index is 1.89. The van der Waals surface area contributed by atoms with Crippen LogP contribution in [0.4, 0.5) is 11.5 Å². The molecule has 1 aliphatic heterocycles. The number of nitro benzene ring substituents is 1. The number of carbonyl (C=O) groups excluding carboxylic acids is 2. The third kappa shape index (κ3) is 4.39. The number of pyridine rings is 1. The highest BCUT2D eigenvalue weighted by molar-refractivity contribution is 6.31. The zero-order valence-electron chi connectivity index (χ0n) is 18.4. The van der Waals surface area contributed by atoms with E-state index in [1.54, 1.807) is 31.3 Å². The number of amides is 1. The quantitative estimate of drug-likeness (QED) is 0.490. The molecular formula is C24H23ClN4O4. The summed E-state index contributed by atoms with van der Waals surface area (Å²) >= 11 is 6.50. The molecule has 2 heterocycles. The van der Waals surface area contributed by atoms with Gasteiger partial charge in [-0.3, -0.25) is 19.7 Å². The number of Topliss-reactive ketones (excluding diaryl/α,β-unsaturated/α-hetero) is 1. The molecule has 0 saturated carbocycles. The van der Waals surface area contributed by atoms with Crippen LogP contribution in [0.5, 0.6) is 0 Å². The van der Waals surface area contributed by atoms with Crippen molar-refractivity contribution in [3.63, 3.8) is 0 Å². The van der Waals surface area contributed by atoms with Crippen LogP contribution in [0, 0.1) is 15.5 Å². The van der Waals surface area contributed by atoms with E-state index in [1.165, 1.54) is 18.2 Å². The van der Waals surface area contributed by atoms with E-state index in [-0.39, 0.29) is 27.5 Å². The average Bonchev–Trinajstić information content (AvgIpc) is 2.72.